The highest BCUT2D eigenvalue weighted by atomic mass is 16.5. The Morgan fingerprint density at radius 2 is 1.80 bits per heavy atom. The lowest BCUT2D eigenvalue weighted by Gasteiger charge is -2.29. The highest BCUT2D eigenvalue weighted by Gasteiger charge is 2.30. The van der Waals surface area contributed by atoms with E-state index in [2.05, 4.69) is 5.32 Å². The van der Waals surface area contributed by atoms with Crippen LogP contribution >= 0.6 is 0 Å². The monoisotopic (exact) mass is 411 g/mol. The van der Waals surface area contributed by atoms with E-state index < -0.39 is 0 Å². The maximum absolute atomic E-state index is 13.1. The maximum atomic E-state index is 13.1. The van der Waals surface area contributed by atoms with Gasteiger partial charge in [0, 0.05) is 19.5 Å². The predicted octanol–water partition coefficient (Wildman–Crippen LogP) is 2.30. The first kappa shape index (κ1) is 21.2. The summed E-state index contributed by atoms with van der Waals surface area (Å²) in [6.45, 7) is 1.45. The van der Waals surface area contributed by atoms with Crippen LogP contribution in [-0.2, 0) is 14.4 Å². The van der Waals surface area contributed by atoms with E-state index in [0.717, 1.165) is 0 Å². The summed E-state index contributed by atoms with van der Waals surface area (Å²) in [5.74, 6) is 0.197. The third-order valence-corrected chi connectivity index (χ3v) is 4.85. The Labute approximate surface area is 175 Å². The van der Waals surface area contributed by atoms with E-state index in [0.29, 0.717) is 22.9 Å². The second-order valence-electron chi connectivity index (χ2n) is 7.07. The zero-order chi connectivity index (χ0) is 21.7. The summed E-state index contributed by atoms with van der Waals surface area (Å²) < 4.78 is 10.8. The van der Waals surface area contributed by atoms with Crippen LogP contribution in [0, 0.1) is 0 Å². The standard InChI is InChI=1S/C22H25N3O5/c1-15-12-20(26)23-16-8-4-5-9-17(16)25(15)21(27)13-24(2)22(28)14-30-19-11-7-6-10-18(19)29-3/h4-11,15H,12-14H2,1-3H3,(H,23,26). The van der Waals surface area contributed by atoms with Gasteiger partial charge in [0.2, 0.25) is 11.8 Å². The minimum Gasteiger partial charge on any atom is -0.493 e. The van der Waals surface area contributed by atoms with Crippen molar-refractivity contribution in [3.8, 4) is 11.5 Å². The van der Waals surface area contributed by atoms with E-state index in [1.807, 2.05) is 6.92 Å². The molecule has 0 fully saturated rings. The molecule has 2 aromatic rings. The molecule has 0 aromatic heterocycles. The molecule has 8 nitrogen and oxygen atoms in total. The number of hydrogen-bond acceptors (Lipinski definition) is 5. The number of methoxy groups -OCH3 is 1. The number of anilines is 2. The Morgan fingerprint density at radius 1 is 1.13 bits per heavy atom. The molecule has 3 rings (SSSR count). The molecule has 0 aliphatic carbocycles. The summed E-state index contributed by atoms with van der Waals surface area (Å²) in [5.41, 5.74) is 1.20. The van der Waals surface area contributed by atoms with Crippen LogP contribution in [0.1, 0.15) is 13.3 Å². The SMILES string of the molecule is COc1ccccc1OCC(=O)N(C)CC(=O)N1c2ccccc2NC(=O)CC1C. The molecule has 0 bridgehead atoms. The number of hydrogen-bond donors (Lipinski definition) is 1. The topological polar surface area (TPSA) is 88.2 Å². The van der Waals surface area contributed by atoms with Crippen LogP contribution in [0.2, 0.25) is 0 Å². The molecule has 8 heteroatoms. The van der Waals surface area contributed by atoms with Gasteiger partial charge in [-0.3, -0.25) is 14.4 Å². The van der Waals surface area contributed by atoms with Crippen molar-refractivity contribution in [3.63, 3.8) is 0 Å². The van der Waals surface area contributed by atoms with Gasteiger partial charge in [-0.05, 0) is 31.2 Å². The molecule has 2 aromatic carbocycles. The Balaban J connectivity index is 1.67. The normalized spacial score (nSPS) is 15.5. The van der Waals surface area contributed by atoms with Gasteiger partial charge in [-0.1, -0.05) is 24.3 Å². The molecule has 1 aliphatic rings. The first-order chi connectivity index (χ1) is 14.4. The van der Waals surface area contributed by atoms with Crippen LogP contribution in [0.3, 0.4) is 0 Å². The van der Waals surface area contributed by atoms with Crippen molar-refractivity contribution < 1.29 is 23.9 Å². The molecule has 30 heavy (non-hydrogen) atoms. The lowest BCUT2D eigenvalue weighted by atomic mass is 10.1. The van der Waals surface area contributed by atoms with Crippen molar-refractivity contribution in [2.24, 2.45) is 0 Å². The summed E-state index contributed by atoms with van der Waals surface area (Å²) in [4.78, 5) is 40.5. The zero-order valence-electron chi connectivity index (χ0n) is 17.3. The molecule has 1 aliphatic heterocycles. The maximum Gasteiger partial charge on any atom is 0.260 e. The quantitative estimate of drug-likeness (QED) is 0.788. The Kier molecular flexibility index (Phi) is 6.56. The molecular formula is C22H25N3O5. The van der Waals surface area contributed by atoms with Crippen molar-refractivity contribution in [1.29, 1.82) is 0 Å². The van der Waals surface area contributed by atoms with E-state index in [-0.39, 0.29) is 43.3 Å². The van der Waals surface area contributed by atoms with E-state index in [1.54, 1.807) is 60.5 Å². The van der Waals surface area contributed by atoms with Crippen molar-refractivity contribution in [1.82, 2.24) is 4.90 Å². The number of fused-ring (bicyclic) bond motifs is 1. The van der Waals surface area contributed by atoms with Crippen molar-refractivity contribution in [3.05, 3.63) is 48.5 Å². The first-order valence-electron chi connectivity index (χ1n) is 9.61. The molecule has 1 N–H and O–H groups in total. The highest BCUT2D eigenvalue weighted by Crippen LogP contribution is 2.31. The molecule has 1 atom stereocenters. The Bertz CT molecular complexity index is 946. The first-order valence-corrected chi connectivity index (χ1v) is 9.61. The van der Waals surface area contributed by atoms with Gasteiger partial charge in [-0.2, -0.15) is 0 Å². The highest BCUT2D eigenvalue weighted by molar-refractivity contribution is 6.05. The van der Waals surface area contributed by atoms with Gasteiger partial charge in [-0.25, -0.2) is 0 Å². The number of carbonyl (C=O) groups excluding carboxylic acids is 3. The third kappa shape index (κ3) is 4.71. The molecule has 0 saturated heterocycles. The number of benzene rings is 2. The number of nitrogens with zero attached hydrogens (tertiary/aromatic N) is 2. The Morgan fingerprint density at radius 3 is 2.53 bits per heavy atom. The number of carbonyl (C=O) groups is 3. The van der Waals surface area contributed by atoms with Gasteiger partial charge in [-0.15, -0.1) is 0 Å². The van der Waals surface area contributed by atoms with Crippen LogP contribution in [0.4, 0.5) is 11.4 Å². The lowest BCUT2D eigenvalue weighted by molar-refractivity contribution is -0.135. The van der Waals surface area contributed by atoms with Crippen LogP contribution in [0.15, 0.2) is 48.5 Å². The van der Waals surface area contributed by atoms with Gasteiger partial charge in [0.25, 0.3) is 5.91 Å². The van der Waals surface area contributed by atoms with E-state index in [4.69, 9.17) is 9.47 Å². The fraction of sp³-hybridized carbons (Fsp3) is 0.318. The van der Waals surface area contributed by atoms with Crippen LogP contribution in [0.25, 0.3) is 0 Å². The van der Waals surface area contributed by atoms with E-state index >= 15 is 0 Å². The smallest absolute Gasteiger partial charge is 0.260 e. The van der Waals surface area contributed by atoms with E-state index in [9.17, 15) is 14.4 Å². The predicted molar refractivity (Wildman–Crippen MR) is 113 cm³/mol. The number of nitrogens with one attached hydrogen (secondary N) is 1. The van der Waals surface area contributed by atoms with Gasteiger partial charge < -0.3 is 24.6 Å². The summed E-state index contributed by atoms with van der Waals surface area (Å²) in [5, 5.41) is 2.82. The molecule has 0 radical (unpaired) electrons. The fourth-order valence-corrected chi connectivity index (χ4v) is 3.32. The second-order valence-corrected chi connectivity index (χ2v) is 7.07. The minimum atomic E-state index is -0.348. The molecule has 1 heterocycles. The number of rotatable bonds is 6. The number of likely N-dealkylation sites (N-methyl/N-ethyl adjacent to an activating group) is 1. The molecule has 1 unspecified atom stereocenters. The van der Waals surface area contributed by atoms with Crippen molar-refractivity contribution >= 4 is 29.1 Å². The lowest BCUT2D eigenvalue weighted by Crippen LogP contribution is -2.46. The van der Waals surface area contributed by atoms with Crippen LogP contribution in [-0.4, -0.2) is 56.0 Å². The molecule has 3 amide bonds. The van der Waals surface area contributed by atoms with Gasteiger partial charge >= 0.3 is 0 Å². The van der Waals surface area contributed by atoms with Gasteiger partial charge in [0.1, 0.15) is 0 Å². The van der Waals surface area contributed by atoms with E-state index in [1.165, 1.54) is 12.0 Å². The third-order valence-electron chi connectivity index (χ3n) is 4.85. The van der Waals surface area contributed by atoms with Crippen LogP contribution < -0.4 is 19.7 Å². The second kappa shape index (κ2) is 9.30. The average molecular weight is 411 g/mol. The minimum absolute atomic E-state index is 0.138. The van der Waals surface area contributed by atoms with Crippen LogP contribution in [0.5, 0.6) is 11.5 Å². The molecule has 0 spiro atoms. The van der Waals surface area contributed by atoms with Gasteiger partial charge in [0.05, 0.1) is 25.0 Å². The average Bonchev–Trinajstić information content (AvgIpc) is 2.86. The summed E-state index contributed by atoms with van der Waals surface area (Å²) >= 11 is 0. The number of ether oxygens (including phenoxy) is 2. The number of para-hydroxylation sites is 4. The summed E-state index contributed by atoms with van der Waals surface area (Å²) in [7, 11) is 3.07. The fourth-order valence-electron chi connectivity index (χ4n) is 3.32. The summed E-state index contributed by atoms with van der Waals surface area (Å²) in [6.07, 6.45) is 0.176. The van der Waals surface area contributed by atoms with Crippen molar-refractivity contribution in [2.75, 3.05) is 37.5 Å². The molecular weight excluding hydrogens is 386 g/mol. The largest absolute Gasteiger partial charge is 0.493 e. The molecule has 0 saturated carbocycles. The number of amides is 3. The van der Waals surface area contributed by atoms with Gasteiger partial charge in [0.15, 0.2) is 18.1 Å². The summed E-state index contributed by atoms with van der Waals surface area (Å²) in [6, 6.07) is 13.8. The Hall–Kier alpha value is -3.55. The zero-order valence-corrected chi connectivity index (χ0v) is 17.3. The molecule has 158 valence electrons. The van der Waals surface area contributed by atoms with Crippen molar-refractivity contribution in [2.45, 2.75) is 19.4 Å².